The van der Waals surface area contributed by atoms with Gasteiger partial charge in [-0.05, 0) is 31.9 Å². The fourth-order valence-corrected chi connectivity index (χ4v) is 3.96. The first-order chi connectivity index (χ1) is 9.11. The highest BCUT2D eigenvalue weighted by Gasteiger charge is 2.23. The number of hydrogen-bond donors (Lipinski definition) is 1. The Morgan fingerprint density at radius 2 is 1.95 bits per heavy atom. The van der Waals surface area contributed by atoms with Gasteiger partial charge in [-0.1, -0.05) is 29.5 Å². The third-order valence-corrected chi connectivity index (χ3v) is 4.65. The molecule has 0 amide bonds. The van der Waals surface area contributed by atoms with E-state index in [2.05, 4.69) is 37.5 Å². The molecule has 0 radical (unpaired) electrons. The summed E-state index contributed by atoms with van der Waals surface area (Å²) in [7, 11) is 0. The predicted octanol–water partition coefficient (Wildman–Crippen LogP) is 3.04. The molecule has 0 fully saturated rings. The van der Waals surface area contributed by atoms with Crippen molar-refractivity contribution in [1.29, 1.82) is 0 Å². The molecule has 0 spiro atoms. The summed E-state index contributed by atoms with van der Waals surface area (Å²) in [4.78, 5) is 4.83. The van der Waals surface area contributed by atoms with Crippen LogP contribution in [0.3, 0.4) is 0 Å². The van der Waals surface area contributed by atoms with Gasteiger partial charge in [0.1, 0.15) is 0 Å². The van der Waals surface area contributed by atoms with E-state index in [1.54, 1.807) is 0 Å². The van der Waals surface area contributed by atoms with E-state index < -0.39 is 0 Å². The number of nitrogens with zero attached hydrogens (tertiary/aromatic N) is 2. The zero-order chi connectivity index (χ0) is 13.6. The second-order valence-corrected chi connectivity index (χ2v) is 6.23. The monoisotopic (exact) mass is 273 g/mol. The fraction of sp³-hybridized carbons (Fsp3) is 0.400. The maximum absolute atomic E-state index is 5.97. The number of aryl methyl sites for hydroxylation is 3. The van der Waals surface area contributed by atoms with Crippen LogP contribution in [0.1, 0.15) is 22.4 Å². The smallest absolute Gasteiger partial charge is 0.168 e. The van der Waals surface area contributed by atoms with Crippen LogP contribution in [0.15, 0.2) is 17.3 Å². The summed E-state index contributed by atoms with van der Waals surface area (Å²) in [6.45, 7) is 8.04. The molecule has 19 heavy (non-hydrogen) atoms. The van der Waals surface area contributed by atoms with Crippen LogP contribution in [0.4, 0.5) is 0 Å². The Bertz CT molecular complexity index is 620. The van der Waals surface area contributed by atoms with Gasteiger partial charge in [0, 0.05) is 24.4 Å². The third kappa shape index (κ3) is 1.99. The van der Waals surface area contributed by atoms with E-state index >= 15 is 0 Å². The Morgan fingerprint density at radius 3 is 2.58 bits per heavy atom. The van der Waals surface area contributed by atoms with Crippen LogP contribution in [0.25, 0.3) is 11.3 Å². The number of thioether (sulfide) groups is 1. The summed E-state index contributed by atoms with van der Waals surface area (Å²) in [5, 5.41) is 1.12. The van der Waals surface area contributed by atoms with Crippen molar-refractivity contribution in [2.75, 3.05) is 5.75 Å². The minimum Gasteiger partial charge on any atom is -0.325 e. The molecule has 0 unspecified atom stereocenters. The van der Waals surface area contributed by atoms with Gasteiger partial charge in [0.2, 0.25) is 0 Å². The topological polar surface area (TPSA) is 43.8 Å². The molecule has 1 aliphatic rings. The maximum Gasteiger partial charge on any atom is 0.168 e. The molecule has 4 heteroatoms. The first-order valence-electron chi connectivity index (χ1n) is 6.62. The summed E-state index contributed by atoms with van der Waals surface area (Å²) in [6.07, 6.45) is 0. The molecule has 2 aromatic rings. The highest BCUT2D eigenvalue weighted by Crippen LogP contribution is 2.36. The van der Waals surface area contributed by atoms with Crippen molar-refractivity contribution in [3.8, 4) is 11.3 Å². The minimum atomic E-state index is 0.551. The lowest BCUT2D eigenvalue weighted by Gasteiger charge is -2.12. The van der Waals surface area contributed by atoms with Crippen molar-refractivity contribution in [2.24, 2.45) is 5.73 Å². The molecule has 0 aliphatic carbocycles. The van der Waals surface area contributed by atoms with Crippen LogP contribution in [0.5, 0.6) is 0 Å². The van der Waals surface area contributed by atoms with Gasteiger partial charge in [-0.3, -0.25) is 0 Å². The average molecular weight is 273 g/mol. The van der Waals surface area contributed by atoms with Crippen LogP contribution in [0.2, 0.25) is 0 Å². The van der Waals surface area contributed by atoms with Crippen molar-refractivity contribution in [2.45, 2.75) is 39.0 Å². The molecule has 0 atom stereocenters. The largest absolute Gasteiger partial charge is 0.325 e. The van der Waals surface area contributed by atoms with Gasteiger partial charge in [-0.2, -0.15) is 0 Å². The quantitative estimate of drug-likeness (QED) is 0.914. The highest BCUT2D eigenvalue weighted by atomic mass is 32.2. The van der Waals surface area contributed by atoms with E-state index in [1.165, 1.54) is 27.9 Å². The van der Waals surface area contributed by atoms with Gasteiger partial charge in [-0.25, -0.2) is 4.98 Å². The van der Waals surface area contributed by atoms with E-state index in [9.17, 15) is 0 Å². The van der Waals surface area contributed by atoms with E-state index in [0.717, 1.165) is 23.1 Å². The summed E-state index contributed by atoms with van der Waals surface area (Å²) < 4.78 is 2.28. The number of rotatable bonds is 2. The van der Waals surface area contributed by atoms with E-state index in [-0.39, 0.29) is 0 Å². The summed E-state index contributed by atoms with van der Waals surface area (Å²) >= 11 is 1.82. The van der Waals surface area contributed by atoms with Crippen molar-refractivity contribution in [3.05, 3.63) is 34.5 Å². The molecule has 3 rings (SSSR count). The van der Waals surface area contributed by atoms with Crippen LogP contribution >= 0.6 is 11.8 Å². The van der Waals surface area contributed by atoms with Crippen molar-refractivity contribution in [1.82, 2.24) is 9.55 Å². The summed E-state index contributed by atoms with van der Waals surface area (Å²) in [5.74, 6) is 1.11. The molecular weight excluding hydrogens is 254 g/mol. The van der Waals surface area contributed by atoms with Crippen molar-refractivity contribution in [3.63, 3.8) is 0 Å². The molecule has 1 aliphatic heterocycles. The van der Waals surface area contributed by atoms with Gasteiger partial charge < -0.3 is 10.3 Å². The lowest BCUT2D eigenvalue weighted by molar-refractivity contribution is 0.678. The normalized spacial score (nSPS) is 13.9. The minimum absolute atomic E-state index is 0.551. The Balaban J connectivity index is 2.23. The lowest BCUT2D eigenvalue weighted by atomic mass is 9.96. The van der Waals surface area contributed by atoms with Crippen LogP contribution < -0.4 is 5.73 Å². The zero-order valence-corrected chi connectivity index (χ0v) is 12.5. The Morgan fingerprint density at radius 1 is 1.26 bits per heavy atom. The fourth-order valence-electron chi connectivity index (χ4n) is 2.99. The summed E-state index contributed by atoms with van der Waals surface area (Å²) in [5.41, 5.74) is 13.4. The zero-order valence-electron chi connectivity index (χ0n) is 11.7. The second kappa shape index (κ2) is 4.69. The van der Waals surface area contributed by atoms with Gasteiger partial charge in [0.25, 0.3) is 0 Å². The lowest BCUT2D eigenvalue weighted by Crippen LogP contribution is -2.07. The van der Waals surface area contributed by atoms with E-state index in [4.69, 9.17) is 10.7 Å². The Labute approximate surface area is 118 Å². The highest BCUT2D eigenvalue weighted by molar-refractivity contribution is 7.99. The first kappa shape index (κ1) is 12.8. The molecule has 100 valence electrons. The van der Waals surface area contributed by atoms with Gasteiger partial charge in [0.05, 0.1) is 11.4 Å². The number of hydrogen-bond acceptors (Lipinski definition) is 3. The third-order valence-electron chi connectivity index (χ3n) is 3.69. The molecule has 1 aromatic heterocycles. The molecule has 0 bridgehead atoms. The van der Waals surface area contributed by atoms with Crippen molar-refractivity contribution >= 4 is 11.8 Å². The molecule has 0 saturated carbocycles. The predicted molar refractivity (Wildman–Crippen MR) is 80.5 cm³/mol. The molecule has 3 nitrogen and oxygen atoms in total. The van der Waals surface area contributed by atoms with Crippen LogP contribution in [0, 0.1) is 20.8 Å². The van der Waals surface area contributed by atoms with Gasteiger partial charge >= 0.3 is 0 Å². The number of aromatic nitrogens is 2. The molecular formula is C15H19N3S. The SMILES string of the molecule is Cc1cc(C)c(-c2nc3n(c2CN)CCS3)c(C)c1. The molecule has 1 aromatic carbocycles. The summed E-state index contributed by atoms with van der Waals surface area (Å²) in [6, 6.07) is 4.44. The number of benzene rings is 1. The van der Waals surface area contributed by atoms with E-state index in [1.807, 2.05) is 11.8 Å². The molecule has 2 heterocycles. The van der Waals surface area contributed by atoms with Gasteiger partial charge in [-0.15, -0.1) is 0 Å². The number of fused-ring (bicyclic) bond motifs is 1. The van der Waals surface area contributed by atoms with Gasteiger partial charge in [0.15, 0.2) is 5.16 Å². The average Bonchev–Trinajstić information content (AvgIpc) is 2.87. The maximum atomic E-state index is 5.97. The standard InChI is InChI=1S/C15H19N3S/c1-9-6-10(2)13(11(3)7-9)14-12(8-16)18-4-5-19-15(18)17-14/h6-7H,4-5,8,16H2,1-3H3. The second-order valence-electron chi connectivity index (χ2n) is 5.17. The number of nitrogens with two attached hydrogens (primary N) is 1. The molecule has 2 N–H and O–H groups in total. The van der Waals surface area contributed by atoms with Crippen LogP contribution in [-0.2, 0) is 13.1 Å². The number of imidazole rings is 1. The Hall–Kier alpha value is -1.26. The first-order valence-corrected chi connectivity index (χ1v) is 7.61. The molecule has 0 saturated heterocycles. The van der Waals surface area contributed by atoms with Crippen LogP contribution in [-0.4, -0.2) is 15.3 Å². The van der Waals surface area contributed by atoms with E-state index in [0.29, 0.717) is 6.54 Å². The Kier molecular flexibility index (Phi) is 3.15. The van der Waals surface area contributed by atoms with Crippen molar-refractivity contribution < 1.29 is 0 Å².